The minimum atomic E-state index is -0.223. The Morgan fingerprint density at radius 1 is 1.50 bits per heavy atom. The lowest BCUT2D eigenvalue weighted by Gasteiger charge is -2.07. The van der Waals surface area contributed by atoms with Crippen molar-refractivity contribution < 1.29 is 14.3 Å². The average molecular weight is 198 g/mol. The summed E-state index contributed by atoms with van der Waals surface area (Å²) in [5, 5.41) is 0. The number of aldehydes is 1. The van der Waals surface area contributed by atoms with E-state index in [4.69, 9.17) is 4.74 Å². The Bertz CT molecular complexity index is 243. The van der Waals surface area contributed by atoms with E-state index in [-0.39, 0.29) is 23.2 Å². The maximum absolute atomic E-state index is 11.5. The van der Waals surface area contributed by atoms with Crippen LogP contribution in [0.1, 0.15) is 27.7 Å². The summed E-state index contributed by atoms with van der Waals surface area (Å²) in [5.41, 5.74) is -0.199. The molecule has 0 aromatic rings. The first-order chi connectivity index (χ1) is 6.41. The standard InChI is InChI=1S/C11H18O3/c1-7(2)6-14-10(13)9-8(5-12)11(9,3)4/h5,7-9H,6H2,1-4H3/t8-,9+/m1/s1. The molecule has 80 valence electrons. The zero-order chi connectivity index (χ0) is 10.9. The number of esters is 1. The van der Waals surface area contributed by atoms with E-state index in [1.807, 2.05) is 27.7 Å². The first-order valence-corrected chi connectivity index (χ1v) is 5.03. The van der Waals surface area contributed by atoms with Gasteiger partial charge in [-0.3, -0.25) is 4.79 Å². The molecule has 0 N–H and O–H groups in total. The minimum Gasteiger partial charge on any atom is -0.465 e. The van der Waals surface area contributed by atoms with Crippen LogP contribution in [0, 0.1) is 23.2 Å². The molecule has 1 aliphatic carbocycles. The molecule has 1 aliphatic rings. The summed E-state index contributed by atoms with van der Waals surface area (Å²) in [7, 11) is 0. The van der Waals surface area contributed by atoms with Crippen LogP contribution < -0.4 is 0 Å². The third kappa shape index (κ3) is 1.97. The summed E-state index contributed by atoms with van der Waals surface area (Å²) in [5.74, 6) is -0.253. The Kier molecular flexibility index (Phi) is 2.98. The van der Waals surface area contributed by atoms with E-state index in [0.29, 0.717) is 12.5 Å². The predicted molar refractivity (Wildman–Crippen MR) is 52.6 cm³/mol. The largest absolute Gasteiger partial charge is 0.465 e. The van der Waals surface area contributed by atoms with Crippen molar-refractivity contribution in [2.75, 3.05) is 6.61 Å². The zero-order valence-electron chi connectivity index (χ0n) is 9.24. The number of carbonyl (C=O) groups is 2. The Morgan fingerprint density at radius 3 is 2.43 bits per heavy atom. The SMILES string of the molecule is CC(C)COC(=O)[C@@H]1[C@@H](C=O)C1(C)C. The van der Waals surface area contributed by atoms with Crippen LogP contribution in [-0.2, 0) is 14.3 Å². The van der Waals surface area contributed by atoms with Crippen molar-refractivity contribution in [3.8, 4) is 0 Å². The van der Waals surface area contributed by atoms with Gasteiger partial charge in [0.05, 0.1) is 12.5 Å². The third-order valence-electron chi connectivity index (χ3n) is 2.87. The zero-order valence-corrected chi connectivity index (χ0v) is 9.24. The molecule has 0 amide bonds. The molecule has 2 atom stereocenters. The van der Waals surface area contributed by atoms with Crippen molar-refractivity contribution in [2.24, 2.45) is 23.2 Å². The molecule has 0 aliphatic heterocycles. The van der Waals surface area contributed by atoms with Gasteiger partial charge in [-0.25, -0.2) is 0 Å². The summed E-state index contributed by atoms with van der Waals surface area (Å²) >= 11 is 0. The summed E-state index contributed by atoms with van der Waals surface area (Å²) in [4.78, 5) is 22.1. The van der Waals surface area contributed by atoms with E-state index in [1.54, 1.807) is 0 Å². The Hall–Kier alpha value is -0.860. The van der Waals surface area contributed by atoms with Crippen molar-refractivity contribution in [3.05, 3.63) is 0 Å². The molecule has 1 saturated carbocycles. The van der Waals surface area contributed by atoms with Crippen LogP contribution in [0.4, 0.5) is 0 Å². The molecular formula is C11H18O3. The molecule has 3 heteroatoms. The first-order valence-electron chi connectivity index (χ1n) is 5.03. The van der Waals surface area contributed by atoms with E-state index < -0.39 is 0 Å². The van der Waals surface area contributed by atoms with Crippen LogP contribution in [0.5, 0.6) is 0 Å². The summed E-state index contributed by atoms with van der Waals surface area (Å²) in [6.45, 7) is 8.27. The Morgan fingerprint density at radius 2 is 2.07 bits per heavy atom. The molecule has 0 unspecified atom stereocenters. The molecule has 0 saturated heterocycles. The molecular weight excluding hydrogens is 180 g/mol. The van der Waals surface area contributed by atoms with Crippen molar-refractivity contribution in [3.63, 3.8) is 0 Å². The van der Waals surface area contributed by atoms with Gasteiger partial charge in [-0.15, -0.1) is 0 Å². The van der Waals surface area contributed by atoms with E-state index in [0.717, 1.165) is 6.29 Å². The van der Waals surface area contributed by atoms with Gasteiger partial charge in [-0.2, -0.15) is 0 Å². The molecule has 0 aromatic heterocycles. The third-order valence-corrected chi connectivity index (χ3v) is 2.87. The minimum absolute atomic E-state index is 0.151. The van der Waals surface area contributed by atoms with Gasteiger partial charge in [0.15, 0.2) is 0 Å². The van der Waals surface area contributed by atoms with Gasteiger partial charge >= 0.3 is 5.97 Å². The van der Waals surface area contributed by atoms with Gasteiger partial charge < -0.3 is 9.53 Å². The number of hydrogen-bond donors (Lipinski definition) is 0. The number of hydrogen-bond acceptors (Lipinski definition) is 3. The normalized spacial score (nSPS) is 28.6. The lowest BCUT2D eigenvalue weighted by atomic mass is 10.1. The van der Waals surface area contributed by atoms with Crippen LogP contribution >= 0.6 is 0 Å². The van der Waals surface area contributed by atoms with E-state index >= 15 is 0 Å². The molecule has 3 nitrogen and oxygen atoms in total. The molecule has 0 heterocycles. The second-order valence-corrected chi connectivity index (χ2v) is 4.98. The van der Waals surface area contributed by atoms with E-state index in [2.05, 4.69) is 0 Å². The second-order valence-electron chi connectivity index (χ2n) is 4.98. The monoisotopic (exact) mass is 198 g/mol. The predicted octanol–water partition coefficient (Wildman–Crippen LogP) is 1.66. The molecule has 0 spiro atoms. The molecule has 0 aromatic carbocycles. The summed E-state index contributed by atoms with van der Waals surface area (Å²) < 4.78 is 5.10. The van der Waals surface area contributed by atoms with Crippen molar-refractivity contribution in [1.82, 2.24) is 0 Å². The molecule has 0 radical (unpaired) electrons. The van der Waals surface area contributed by atoms with Crippen LogP contribution in [0.3, 0.4) is 0 Å². The van der Waals surface area contributed by atoms with Crippen molar-refractivity contribution in [1.29, 1.82) is 0 Å². The number of rotatable bonds is 4. The smallest absolute Gasteiger partial charge is 0.310 e. The van der Waals surface area contributed by atoms with Crippen LogP contribution in [0.15, 0.2) is 0 Å². The lowest BCUT2D eigenvalue weighted by molar-refractivity contribution is -0.147. The van der Waals surface area contributed by atoms with Gasteiger partial charge in [0.1, 0.15) is 6.29 Å². The highest BCUT2D eigenvalue weighted by Gasteiger charge is 2.62. The lowest BCUT2D eigenvalue weighted by Crippen LogP contribution is -2.14. The average Bonchev–Trinajstić information content (AvgIpc) is 2.63. The van der Waals surface area contributed by atoms with Crippen molar-refractivity contribution >= 4 is 12.3 Å². The molecule has 14 heavy (non-hydrogen) atoms. The topological polar surface area (TPSA) is 43.4 Å². The van der Waals surface area contributed by atoms with Crippen LogP contribution in [0.25, 0.3) is 0 Å². The fourth-order valence-electron chi connectivity index (χ4n) is 1.72. The van der Waals surface area contributed by atoms with Gasteiger partial charge in [0.2, 0.25) is 0 Å². The number of ether oxygens (including phenoxy) is 1. The van der Waals surface area contributed by atoms with Gasteiger partial charge in [-0.05, 0) is 11.3 Å². The Labute approximate surface area is 84.8 Å². The fraction of sp³-hybridized carbons (Fsp3) is 0.818. The Balaban J connectivity index is 2.44. The quantitative estimate of drug-likeness (QED) is 0.509. The highest BCUT2D eigenvalue weighted by atomic mass is 16.5. The van der Waals surface area contributed by atoms with Crippen molar-refractivity contribution in [2.45, 2.75) is 27.7 Å². The number of carbonyl (C=O) groups excluding carboxylic acids is 2. The molecule has 0 bridgehead atoms. The van der Waals surface area contributed by atoms with Crippen LogP contribution in [0.2, 0.25) is 0 Å². The second kappa shape index (κ2) is 3.71. The maximum atomic E-state index is 11.5. The maximum Gasteiger partial charge on any atom is 0.310 e. The van der Waals surface area contributed by atoms with Gasteiger partial charge in [0.25, 0.3) is 0 Å². The summed E-state index contributed by atoms with van der Waals surface area (Å²) in [6, 6.07) is 0. The highest BCUT2D eigenvalue weighted by molar-refractivity contribution is 5.84. The van der Waals surface area contributed by atoms with E-state index in [1.165, 1.54) is 0 Å². The van der Waals surface area contributed by atoms with E-state index in [9.17, 15) is 9.59 Å². The summed E-state index contributed by atoms with van der Waals surface area (Å²) in [6.07, 6.45) is 0.862. The van der Waals surface area contributed by atoms with Gasteiger partial charge in [-0.1, -0.05) is 27.7 Å². The first kappa shape index (κ1) is 11.2. The fourth-order valence-corrected chi connectivity index (χ4v) is 1.72. The molecule has 1 rings (SSSR count). The van der Waals surface area contributed by atoms with Gasteiger partial charge in [0, 0.05) is 5.92 Å². The van der Waals surface area contributed by atoms with Crippen LogP contribution in [-0.4, -0.2) is 18.9 Å². The highest BCUT2D eigenvalue weighted by Crippen LogP contribution is 2.57. The molecule has 1 fully saturated rings.